The Bertz CT molecular complexity index is 494. The lowest BCUT2D eigenvalue weighted by Crippen LogP contribution is -2.31. The van der Waals surface area contributed by atoms with Crippen molar-refractivity contribution in [2.45, 2.75) is 52.1 Å². The van der Waals surface area contributed by atoms with Crippen molar-refractivity contribution >= 4 is 0 Å². The molecule has 1 aromatic rings. The van der Waals surface area contributed by atoms with E-state index in [9.17, 15) is 4.79 Å². The van der Waals surface area contributed by atoms with Crippen molar-refractivity contribution in [1.29, 1.82) is 0 Å². The van der Waals surface area contributed by atoms with Crippen LogP contribution < -0.4 is 10.9 Å². The van der Waals surface area contributed by atoms with Crippen LogP contribution in [0.15, 0.2) is 10.9 Å². The van der Waals surface area contributed by atoms with Gasteiger partial charge in [-0.3, -0.25) is 4.79 Å². The molecule has 0 amide bonds. The quantitative estimate of drug-likeness (QED) is 0.738. The molecule has 1 aliphatic carbocycles. The molecule has 0 radical (unpaired) electrons. The second kappa shape index (κ2) is 7.60. The molecule has 0 bridgehead atoms. The maximum absolute atomic E-state index is 12.6. The van der Waals surface area contributed by atoms with Gasteiger partial charge in [0.1, 0.15) is 0 Å². The fourth-order valence-electron chi connectivity index (χ4n) is 2.85. The minimum absolute atomic E-state index is 0.159. The van der Waals surface area contributed by atoms with Gasteiger partial charge in [0.2, 0.25) is 0 Å². The van der Waals surface area contributed by atoms with Crippen LogP contribution in [0.1, 0.15) is 43.0 Å². The van der Waals surface area contributed by atoms with Crippen LogP contribution in [0.2, 0.25) is 0 Å². The highest BCUT2D eigenvalue weighted by atomic mass is 16.5. The molecular formula is C16H26N2O2. The molecule has 2 rings (SSSR count). The summed E-state index contributed by atoms with van der Waals surface area (Å²) in [6.45, 7) is 5.10. The standard InChI is InChI=1S/C16H26N2O2/c1-3-4-8-17-12-14-11-13-6-5-7-15(13)18(16(14)19)9-10-20-2/h11,17H,3-10,12H2,1-2H3. The summed E-state index contributed by atoms with van der Waals surface area (Å²) in [4.78, 5) is 12.6. The predicted octanol–water partition coefficient (Wildman–Crippen LogP) is 1.87. The maximum atomic E-state index is 12.6. The van der Waals surface area contributed by atoms with Crippen molar-refractivity contribution in [1.82, 2.24) is 9.88 Å². The number of hydrogen-bond acceptors (Lipinski definition) is 3. The zero-order chi connectivity index (χ0) is 14.4. The lowest BCUT2D eigenvalue weighted by molar-refractivity contribution is 0.185. The lowest BCUT2D eigenvalue weighted by Gasteiger charge is -2.14. The van der Waals surface area contributed by atoms with Crippen LogP contribution in [0.4, 0.5) is 0 Å². The third kappa shape index (κ3) is 3.49. The minimum atomic E-state index is 0.159. The van der Waals surface area contributed by atoms with Crippen molar-refractivity contribution < 1.29 is 4.74 Å². The first kappa shape index (κ1) is 15.3. The van der Waals surface area contributed by atoms with E-state index in [1.807, 2.05) is 4.57 Å². The normalized spacial score (nSPS) is 13.7. The first-order valence-electron chi connectivity index (χ1n) is 7.72. The summed E-state index contributed by atoms with van der Waals surface area (Å²) in [5, 5.41) is 3.37. The maximum Gasteiger partial charge on any atom is 0.255 e. The summed E-state index contributed by atoms with van der Waals surface area (Å²) in [6.07, 6.45) is 5.62. The smallest absolute Gasteiger partial charge is 0.255 e. The number of nitrogens with zero attached hydrogens (tertiary/aromatic N) is 1. The van der Waals surface area contributed by atoms with Crippen molar-refractivity contribution in [3.8, 4) is 0 Å². The van der Waals surface area contributed by atoms with E-state index in [1.165, 1.54) is 17.7 Å². The highest BCUT2D eigenvalue weighted by molar-refractivity contribution is 5.30. The van der Waals surface area contributed by atoms with Crippen LogP contribution in [0, 0.1) is 0 Å². The average Bonchev–Trinajstić information content (AvgIpc) is 2.91. The Morgan fingerprint density at radius 2 is 2.25 bits per heavy atom. The van der Waals surface area contributed by atoms with E-state index in [-0.39, 0.29) is 5.56 Å². The molecule has 1 N–H and O–H groups in total. The second-order valence-electron chi connectivity index (χ2n) is 5.47. The zero-order valence-corrected chi connectivity index (χ0v) is 12.7. The van der Waals surface area contributed by atoms with Gasteiger partial charge in [-0.2, -0.15) is 0 Å². The fraction of sp³-hybridized carbons (Fsp3) is 0.688. The molecule has 0 saturated carbocycles. The molecule has 0 fully saturated rings. The van der Waals surface area contributed by atoms with Crippen molar-refractivity contribution in [3.05, 3.63) is 33.2 Å². The van der Waals surface area contributed by atoms with Crippen LogP contribution >= 0.6 is 0 Å². The van der Waals surface area contributed by atoms with Crippen molar-refractivity contribution in [2.75, 3.05) is 20.3 Å². The number of ether oxygens (including phenoxy) is 1. The Kier molecular flexibility index (Phi) is 5.80. The minimum Gasteiger partial charge on any atom is -0.383 e. The number of pyridine rings is 1. The van der Waals surface area contributed by atoms with E-state index in [0.717, 1.165) is 37.8 Å². The monoisotopic (exact) mass is 278 g/mol. The third-order valence-electron chi connectivity index (χ3n) is 3.97. The lowest BCUT2D eigenvalue weighted by atomic mass is 10.1. The Hall–Kier alpha value is -1.13. The van der Waals surface area contributed by atoms with Crippen LogP contribution in [-0.4, -0.2) is 24.8 Å². The molecule has 0 aliphatic heterocycles. The molecule has 1 aliphatic rings. The van der Waals surface area contributed by atoms with Crippen LogP contribution in [0.3, 0.4) is 0 Å². The first-order valence-corrected chi connectivity index (χ1v) is 7.72. The van der Waals surface area contributed by atoms with Gasteiger partial charge in [-0.25, -0.2) is 0 Å². The Morgan fingerprint density at radius 3 is 3.00 bits per heavy atom. The number of rotatable bonds is 8. The van der Waals surface area contributed by atoms with E-state index in [1.54, 1.807) is 7.11 Å². The first-order chi connectivity index (χ1) is 9.77. The number of fused-ring (bicyclic) bond motifs is 1. The summed E-state index contributed by atoms with van der Waals surface area (Å²) < 4.78 is 7.07. The molecule has 0 unspecified atom stereocenters. The molecule has 0 aromatic carbocycles. The van der Waals surface area contributed by atoms with E-state index in [0.29, 0.717) is 19.7 Å². The summed E-state index contributed by atoms with van der Waals surface area (Å²) >= 11 is 0. The average molecular weight is 278 g/mol. The number of methoxy groups -OCH3 is 1. The van der Waals surface area contributed by atoms with Gasteiger partial charge in [0.25, 0.3) is 5.56 Å². The SMILES string of the molecule is CCCCNCc1cc2c(n(CCOC)c1=O)CCC2. The number of hydrogen-bond donors (Lipinski definition) is 1. The van der Waals surface area contributed by atoms with Crippen LogP contribution in [0.5, 0.6) is 0 Å². The molecule has 1 aromatic heterocycles. The van der Waals surface area contributed by atoms with E-state index >= 15 is 0 Å². The molecule has 112 valence electrons. The fourth-order valence-corrected chi connectivity index (χ4v) is 2.85. The number of nitrogens with one attached hydrogen (secondary N) is 1. The molecule has 4 nitrogen and oxygen atoms in total. The van der Waals surface area contributed by atoms with E-state index in [4.69, 9.17) is 4.74 Å². The molecule has 0 spiro atoms. The van der Waals surface area contributed by atoms with Crippen LogP contribution in [0.25, 0.3) is 0 Å². The molecule has 0 atom stereocenters. The predicted molar refractivity (Wildman–Crippen MR) is 81.2 cm³/mol. The number of unbranched alkanes of at least 4 members (excludes halogenated alkanes) is 1. The Balaban J connectivity index is 2.17. The van der Waals surface area contributed by atoms with Gasteiger partial charge in [0.15, 0.2) is 0 Å². The summed E-state index contributed by atoms with van der Waals surface area (Å²) in [5.41, 5.74) is 3.64. The molecule has 20 heavy (non-hydrogen) atoms. The summed E-state index contributed by atoms with van der Waals surface area (Å²) in [7, 11) is 1.68. The largest absolute Gasteiger partial charge is 0.383 e. The van der Waals surface area contributed by atoms with Crippen molar-refractivity contribution in [3.63, 3.8) is 0 Å². The zero-order valence-electron chi connectivity index (χ0n) is 12.7. The summed E-state index contributed by atoms with van der Waals surface area (Å²) in [5.74, 6) is 0. The van der Waals surface area contributed by atoms with Gasteiger partial charge in [0.05, 0.1) is 6.61 Å². The van der Waals surface area contributed by atoms with Crippen LogP contribution in [-0.2, 0) is 30.7 Å². The van der Waals surface area contributed by atoms with Crippen molar-refractivity contribution in [2.24, 2.45) is 0 Å². The molecule has 4 heteroatoms. The summed E-state index contributed by atoms with van der Waals surface area (Å²) in [6, 6.07) is 2.12. The van der Waals surface area contributed by atoms with E-state index in [2.05, 4.69) is 18.3 Å². The number of aryl methyl sites for hydroxylation is 1. The molecule has 1 heterocycles. The number of aromatic nitrogens is 1. The van der Waals surface area contributed by atoms with Gasteiger partial charge in [-0.15, -0.1) is 0 Å². The molecule has 0 saturated heterocycles. The van der Waals surface area contributed by atoms with Gasteiger partial charge in [-0.1, -0.05) is 13.3 Å². The van der Waals surface area contributed by atoms with Gasteiger partial charge < -0.3 is 14.6 Å². The van der Waals surface area contributed by atoms with Gasteiger partial charge >= 0.3 is 0 Å². The molecular weight excluding hydrogens is 252 g/mol. The van der Waals surface area contributed by atoms with Gasteiger partial charge in [-0.05, 0) is 43.9 Å². The third-order valence-corrected chi connectivity index (χ3v) is 3.97. The Labute approximate surface area is 121 Å². The second-order valence-corrected chi connectivity index (χ2v) is 5.47. The van der Waals surface area contributed by atoms with E-state index < -0.39 is 0 Å². The Morgan fingerprint density at radius 1 is 1.40 bits per heavy atom. The highest BCUT2D eigenvalue weighted by Crippen LogP contribution is 2.21. The highest BCUT2D eigenvalue weighted by Gasteiger charge is 2.18. The topological polar surface area (TPSA) is 43.3 Å². The van der Waals surface area contributed by atoms with Gasteiger partial charge in [0, 0.05) is 31.5 Å².